The summed E-state index contributed by atoms with van der Waals surface area (Å²) >= 11 is 0. The number of carbonyl (C=O) groups excluding carboxylic acids is 1. The molecule has 0 atom stereocenters. The Balaban J connectivity index is 1.59. The van der Waals surface area contributed by atoms with Gasteiger partial charge in [0.15, 0.2) is 0 Å². The number of rotatable bonds is 2. The van der Waals surface area contributed by atoms with E-state index >= 15 is 0 Å². The van der Waals surface area contributed by atoms with Crippen molar-refractivity contribution >= 4 is 17.0 Å². The van der Waals surface area contributed by atoms with E-state index in [0.29, 0.717) is 37.2 Å². The molecule has 0 unspecified atom stereocenters. The van der Waals surface area contributed by atoms with Gasteiger partial charge >= 0.3 is 6.18 Å². The van der Waals surface area contributed by atoms with Crippen molar-refractivity contribution in [3.63, 3.8) is 0 Å². The first-order chi connectivity index (χ1) is 13.8. The van der Waals surface area contributed by atoms with Gasteiger partial charge in [-0.25, -0.2) is 15.0 Å². The molecule has 0 aliphatic carbocycles. The van der Waals surface area contributed by atoms with Crippen LogP contribution < -0.4 is 0 Å². The van der Waals surface area contributed by atoms with Crippen molar-refractivity contribution in [2.75, 3.05) is 13.1 Å². The Morgan fingerprint density at radius 3 is 2.62 bits per heavy atom. The zero-order valence-corrected chi connectivity index (χ0v) is 15.8. The normalized spacial score (nSPS) is 15.8. The topological polar surface area (TPSA) is 85.0 Å². The summed E-state index contributed by atoms with van der Waals surface area (Å²) in [6, 6.07) is 1.01. The highest BCUT2D eigenvalue weighted by Gasteiger charge is 2.38. The number of aryl methyl sites for hydroxylation is 2. The lowest BCUT2D eigenvalue weighted by molar-refractivity contribution is -0.136. The van der Waals surface area contributed by atoms with Crippen LogP contribution in [-0.4, -0.2) is 44.0 Å². The molecule has 1 aliphatic heterocycles. The Kier molecular flexibility index (Phi) is 4.71. The first kappa shape index (κ1) is 19.3. The van der Waals surface area contributed by atoms with Crippen LogP contribution in [0.3, 0.4) is 0 Å². The van der Waals surface area contributed by atoms with E-state index in [0.717, 1.165) is 6.07 Å². The molecule has 1 aliphatic rings. The highest BCUT2D eigenvalue weighted by molar-refractivity contribution is 5.95. The molecular weight excluding hydrogens is 387 g/mol. The van der Waals surface area contributed by atoms with Crippen molar-refractivity contribution < 1.29 is 22.5 Å². The number of alkyl halides is 3. The third-order valence-corrected chi connectivity index (χ3v) is 5.22. The van der Waals surface area contributed by atoms with Gasteiger partial charge in [0.05, 0.1) is 27.9 Å². The fraction of sp³-hybridized carbons (Fsp3) is 0.421. The van der Waals surface area contributed by atoms with Gasteiger partial charge in [-0.1, -0.05) is 5.16 Å². The number of pyridine rings is 1. The average molecular weight is 405 g/mol. The maximum Gasteiger partial charge on any atom is 0.417 e. The summed E-state index contributed by atoms with van der Waals surface area (Å²) in [4.78, 5) is 26.3. The maximum absolute atomic E-state index is 13.6. The quantitative estimate of drug-likeness (QED) is 0.647. The Bertz CT molecular complexity index is 1070. The van der Waals surface area contributed by atoms with Crippen molar-refractivity contribution in [2.24, 2.45) is 0 Å². The Labute approximate surface area is 163 Å². The fourth-order valence-corrected chi connectivity index (χ4v) is 3.73. The molecule has 29 heavy (non-hydrogen) atoms. The summed E-state index contributed by atoms with van der Waals surface area (Å²) in [5, 5.41) is 3.83. The number of halogens is 3. The van der Waals surface area contributed by atoms with E-state index in [-0.39, 0.29) is 34.3 Å². The lowest BCUT2D eigenvalue weighted by Gasteiger charge is -2.31. The number of likely N-dealkylation sites (tertiary alicyclic amines) is 1. The van der Waals surface area contributed by atoms with Gasteiger partial charge in [0.25, 0.3) is 11.6 Å². The fourth-order valence-electron chi connectivity index (χ4n) is 3.73. The number of hydrogen-bond acceptors (Lipinski definition) is 6. The van der Waals surface area contributed by atoms with Crippen molar-refractivity contribution in [1.82, 2.24) is 25.0 Å². The van der Waals surface area contributed by atoms with Crippen LogP contribution >= 0.6 is 0 Å². The number of piperidine rings is 1. The molecular formula is C19H18F3N5O2. The highest BCUT2D eigenvalue weighted by atomic mass is 19.4. The van der Waals surface area contributed by atoms with E-state index < -0.39 is 11.7 Å². The Hall–Kier alpha value is -3.04. The molecule has 1 fully saturated rings. The van der Waals surface area contributed by atoms with Crippen molar-refractivity contribution in [3.8, 4) is 0 Å². The largest absolute Gasteiger partial charge is 0.417 e. The predicted molar refractivity (Wildman–Crippen MR) is 96.2 cm³/mol. The van der Waals surface area contributed by atoms with Gasteiger partial charge in [-0.2, -0.15) is 13.2 Å². The number of nitrogens with zero attached hydrogens (tertiary/aromatic N) is 5. The summed E-state index contributed by atoms with van der Waals surface area (Å²) in [5.74, 6) is -0.432. The Morgan fingerprint density at radius 2 is 1.97 bits per heavy atom. The van der Waals surface area contributed by atoms with Gasteiger partial charge in [-0.15, -0.1) is 0 Å². The van der Waals surface area contributed by atoms with E-state index in [4.69, 9.17) is 4.52 Å². The molecule has 4 rings (SSSR count). The molecule has 0 radical (unpaired) electrons. The number of aromatic nitrogens is 4. The van der Waals surface area contributed by atoms with Crippen LogP contribution in [0.5, 0.6) is 0 Å². The molecule has 4 heterocycles. The van der Waals surface area contributed by atoms with Crippen LogP contribution in [0.2, 0.25) is 0 Å². The molecule has 1 amide bonds. The second-order valence-electron chi connectivity index (χ2n) is 7.15. The van der Waals surface area contributed by atoms with Crippen LogP contribution in [0.25, 0.3) is 11.1 Å². The summed E-state index contributed by atoms with van der Waals surface area (Å²) < 4.78 is 45.8. The monoisotopic (exact) mass is 405 g/mol. The minimum absolute atomic E-state index is 0.0832. The standard InChI is InChI=1S/C19H18F3N5O2/c1-10-7-14(19(20,21)22)15-16(26-29-17(15)25-10)12-3-5-27(6-4-12)18(28)13-8-23-9-24-11(13)2/h7-9,12H,3-6H2,1-2H3. The van der Waals surface area contributed by atoms with E-state index in [1.54, 1.807) is 11.8 Å². The summed E-state index contributed by atoms with van der Waals surface area (Å²) in [6.45, 7) is 4.01. The number of hydrogen-bond donors (Lipinski definition) is 0. The number of fused-ring (bicyclic) bond motifs is 1. The molecule has 7 nitrogen and oxygen atoms in total. The van der Waals surface area contributed by atoms with Gasteiger partial charge in [0.1, 0.15) is 6.33 Å². The highest BCUT2D eigenvalue weighted by Crippen LogP contribution is 2.40. The SMILES string of the molecule is Cc1cc(C(F)(F)F)c2c(C3CCN(C(=O)c4cncnc4C)CC3)noc2n1. The molecule has 1 saturated heterocycles. The minimum Gasteiger partial charge on any atom is -0.338 e. The van der Waals surface area contributed by atoms with E-state index in [2.05, 4.69) is 20.1 Å². The van der Waals surface area contributed by atoms with Gasteiger partial charge < -0.3 is 9.42 Å². The summed E-state index contributed by atoms with van der Waals surface area (Å²) in [5.41, 5.74) is 0.594. The van der Waals surface area contributed by atoms with Crippen molar-refractivity contribution in [3.05, 3.63) is 46.8 Å². The van der Waals surface area contributed by atoms with Gasteiger partial charge in [-0.05, 0) is 32.8 Å². The van der Waals surface area contributed by atoms with Gasteiger partial charge in [-0.3, -0.25) is 4.79 Å². The van der Waals surface area contributed by atoms with Crippen LogP contribution in [0.4, 0.5) is 13.2 Å². The van der Waals surface area contributed by atoms with Gasteiger partial charge in [0.2, 0.25) is 0 Å². The van der Waals surface area contributed by atoms with E-state index in [1.807, 2.05) is 0 Å². The van der Waals surface area contributed by atoms with E-state index in [9.17, 15) is 18.0 Å². The molecule has 152 valence electrons. The first-order valence-electron chi connectivity index (χ1n) is 9.15. The van der Waals surface area contributed by atoms with Gasteiger partial charge in [0, 0.05) is 30.9 Å². The van der Waals surface area contributed by atoms with Crippen LogP contribution in [-0.2, 0) is 6.18 Å². The molecule has 10 heteroatoms. The van der Waals surface area contributed by atoms with Crippen molar-refractivity contribution in [2.45, 2.75) is 38.8 Å². The molecule has 0 N–H and O–H groups in total. The maximum atomic E-state index is 13.6. The number of carbonyl (C=O) groups is 1. The lowest BCUT2D eigenvalue weighted by Crippen LogP contribution is -2.38. The third-order valence-electron chi connectivity index (χ3n) is 5.22. The zero-order chi connectivity index (χ0) is 20.8. The van der Waals surface area contributed by atoms with Crippen LogP contribution in [0.1, 0.15) is 51.8 Å². The molecule has 0 saturated carbocycles. The summed E-state index contributed by atoms with van der Waals surface area (Å²) in [6.07, 6.45) is -0.724. The second kappa shape index (κ2) is 7.09. The first-order valence-corrected chi connectivity index (χ1v) is 9.15. The molecule has 3 aromatic heterocycles. The van der Waals surface area contributed by atoms with Crippen molar-refractivity contribution in [1.29, 1.82) is 0 Å². The van der Waals surface area contributed by atoms with Crippen LogP contribution in [0, 0.1) is 13.8 Å². The molecule has 0 aromatic carbocycles. The second-order valence-corrected chi connectivity index (χ2v) is 7.15. The molecule has 0 spiro atoms. The smallest absolute Gasteiger partial charge is 0.338 e. The third kappa shape index (κ3) is 3.54. The average Bonchev–Trinajstić information content (AvgIpc) is 3.10. The van der Waals surface area contributed by atoms with E-state index in [1.165, 1.54) is 19.4 Å². The predicted octanol–water partition coefficient (Wildman–Crippen LogP) is 3.67. The summed E-state index contributed by atoms with van der Waals surface area (Å²) in [7, 11) is 0. The molecule has 0 bridgehead atoms. The minimum atomic E-state index is -4.53. The number of amides is 1. The Morgan fingerprint density at radius 1 is 1.24 bits per heavy atom. The van der Waals surface area contributed by atoms with Crippen LogP contribution in [0.15, 0.2) is 23.1 Å². The lowest BCUT2D eigenvalue weighted by atomic mass is 9.90. The molecule has 3 aromatic rings. The zero-order valence-electron chi connectivity index (χ0n) is 15.8.